The molecule has 1 saturated heterocycles. The number of benzene rings is 1. The molecule has 0 spiro atoms. The lowest BCUT2D eigenvalue weighted by Crippen LogP contribution is -2.48. The molecule has 6 heteroatoms. The van der Waals surface area contributed by atoms with E-state index >= 15 is 0 Å². The van der Waals surface area contributed by atoms with Crippen molar-refractivity contribution in [3.05, 3.63) is 23.8 Å². The maximum Gasteiger partial charge on any atom is 0.223 e. The highest BCUT2D eigenvalue weighted by molar-refractivity contribution is 5.76. The molecule has 1 aromatic rings. The van der Waals surface area contributed by atoms with E-state index in [9.17, 15) is 4.79 Å². The first kappa shape index (κ1) is 16.6. The van der Waals surface area contributed by atoms with Crippen molar-refractivity contribution >= 4 is 5.91 Å². The highest BCUT2D eigenvalue weighted by Gasteiger charge is 2.21. The summed E-state index contributed by atoms with van der Waals surface area (Å²) in [6.07, 6.45) is 0.434. The summed E-state index contributed by atoms with van der Waals surface area (Å²) < 4.78 is 10.7. The highest BCUT2D eigenvalue weighted by atomic mass is 16.5. The van der Waals surface area contributed by atoms with E-state index in [1.165, 1.54) is 0 Å². The minimum absolute atomic E-state index is 0.154. The molecule has 1 amide bonds. The quantitative estimate of drug-likeness (QED) is 0.838. The SMILES string of the molecule is COc1ccc(OC)c(CN2CCN(C(=O)CCN)CC2)c1. The first-order chi connectivity index (χ1) is 10.7. The molecule has 6 nitrogen and oxygen atoms in total. The second kappa shape index (κ2) is 8.00. The van der Waals surface area contributed by atoms with E-state index in [1.807, 2.05) is 23.1 Å². The van der Waals surface area contributed by atoms with Crippen LogP contribution in [0.15, 0.2) is 18.2 Å². The van der Waals surface area contributed by atoms with Crippen molar-refractivity contribution in [2.45, 2.75) is 13.0 Å². The van der Waals surface area contributed by atoms with Crippen LogP contribution in [0, 0.1) is 0 Å². The van der Waals surface area contributed by atoms with Gasteiger partial charge in [0.2, 0.25) is 5.91 Å². The Balaban J connectivity index is 1.94. The summed E-state index contributed by atoms with van der Waals surface area (Å²) in [5, 5.41) is 0. The maximum absolute atomic E-state index is 11.8. The Labute approximate surface area is 131 Å². The zero-order valence-electron chi connectivity index (χ0n) is 13.4. The van der Waals surface area contributed by atoms with E-state index in [0.29, 0.717) is 13.0 Å². The number of ether oxygens (including phenoxy) is 2. The molecule has 0 atom stereocenters. The summed E-state index contributed by atoms with van der Waals surface area (Å²) in [4.78, 5) is 16.1. The summed E-state index contributed by atoms with van der Waals surface area (Å²) in [6.45, 7) is 4.43. The Morgan fingerprint density at radius 1 is 1.18 bits per heavy atom. The number of carbonyl (C=O) groups excluding carboxylic acids is 1. The number of hydrogen-bond donors (Lipinski definition) is 1. The van der Waals surface area contributed by atoms with E-state index in [2.05, 4.69) is 4.90 Å². The molecule has 2 N–H and O–H groups in total. The van der Waals surface area contributed by atoms with Gasteiger partial charge in [0.05, 0.1) is 14.2 Å². The molecule has 0 radical (unpaired) electrons. The van der Waals surface area contributed by atoms with Crippen molar-refractivity contribution in [1.29, 1.82) is 0 Å². The predicted molar refractivity (Wildman–Crippen MR) is 85.1 cm³/mol. The van der Waals surface area contributed by atoms with E-state index < -0.39 is 0 Å². The molecule has 22 heavy (non-hydrogen) atoms. The molecule has 122 valence electrons. The van der Waals surface area contributed by atoms with Gasteiger partial charge < -0.3 is 20.1 Å². The summed E-state index contributed by atoms with van der Waals surface area (Å²) in [7, 11) is 3.34. The van der Waals surface area contributed by atoms with Gasteiger partial charge in [0.25, 0.3) is 0 Å². The Kier molecular flexibility index (Phi) is 6.03. The summed E-state index contributed by atoms with van der Waals surface area (Å²) in [5.74, 6) is 1.84. The van der Waals surface area contributed by atoms with E-state index in [0.717, 1.165) is 49.8 Å². The van der Waals surface area contributed by atoms with Gasteiger partial charge in [-0.3, -0.25) is 9.69 Å². The zero-order valence-corrected chi connectivity index (χ0v) is 13.4. The van der Waals surface area contributed by atoms with Gasteiger partial charge >= 0.3 is 0 Å². The molecule has 0 bridgehead atoms. The van der Waals surface area contributed by atoms with Crippen LogP contribution in [0.2, 0.25) is 0 Å². The number of hydrogen-bond acceptors (Lipinski definition) is 5. The fourth-order valence-corrected chi connectivity index (χ4v) is 2.68. The molecule has 0 aliphatic carbocycles. The monoisotopic (exact) mass is 307 g/mol. The molecule has 1 aromatic carbocycles. The lowest BCUT2D eigenvalue weighted by atomic mass is 10.1. The minimum Gasteiger partial charge on any atom is -0.497 e. The number of carbonyl (C=O) groups is 1. The van der Waals surface area contributed by atoms with Crippen LogP contribution >= 0.6 is 0 Å². The third-order valence-electron chi connectivity index (χ3n) is 3.96. The first-order valence-corrected chi connectivity index (χ1v) is 7.59. The average Bonchev–Trinajstić information content (AvgIpc) is 2.55. The number of piperazine rings is 1. The van der Waals surface area contributed by atoms with E-state index in [-0.39, 0.29) is 5.91 Å². The Morgan fingerprint density at radius 3 is 2.50 bits per heavy atom. The topological polar surface area (TPSA) is 68.0 Å². The van der Waals surface area contributed by atoms with Crippen LogP contribution in [0.4, 0.5) is 0 Å². The summed E-state index contributed by atoms with van der Waals surface area (Å²) in [6, 6.07) is 5.83. The molecule has 1 aliphatic heterocycles. The molecule has 0 aromatic heterocycles. The zero-order chi connectivity index (χ0) is 15.9. The van der Waals surface area contributed by atoms with Gasteiger partial charge in [0, 0.05) is 51.3 Å². The third-order valence-corrected chi connectivity index (χ3v) is 3.96. The van der Waals surface area contributed by atoms with Crippen LogP contribution in [0.1, 0.15) is 12.0 Å². The maximum atomic E-state index is 11.8. The van der Waals surface area contributed by atoms with Crippen molar-refractivity contribution < 1.29 is 14.3 Å². The normalized spacial score (nSPS) is 15.7. The van der Waals surface area contributed by atoms with Crippen LogP contribution in [0.25, 0.3) is 0 Å². The second-order valence-electron chi connectivity index (χ2n) is 5.37. The van der Waals surface area contributed by atoms with Crippen LogP contribution < -0.4 is 15.2 Å². The van der Waals surface area contributed by atoms with Crippen molar-refractivity contribution in [3.8, 4) is 11.5 Å². The van der Waals surface area contributed by atoms with Gasteiger partial charge in [-0.05, 0) is 18.2 Å². The van der Waals surface area contributed by atoms with Crippen molar-refractivity contribution in [1.82, 2.24) is 9.80 Å². The number of nitrogens with zero attached hydrogens (tertiary/aromatic N) is 2. The third kappa shape index (κ3) is 4.11. The van der Waals surface area contributed by atoms with Crippen molar-refractivity contribution in [2.75, 3.05) is 46.9 Å². The molecule has 2 rings (SSSR count). The first-order valence-electron chi connectivity index (χ1n) is 7.59. The van der Waals surface area contributed by atoms with Crippen LogP contribution in [0.5, 0.6) is 11.5 Å². The Hall–Kier alpha value is -1.79. The van der Waals surface area contributed by atoms with Crippen LogP contribution in [-0.4, -0.2) is 62.7 Å². The predicted octanol–water partition coefficient (Wildman–Crippen LogP) is 0.697. The Morgan fingerprint density at radius 2 is 1.91 bits per heavy atom. The molecular formula is C16H25N3O3. The second-order valence-corrected chi connectivity index (χ2v) is 5.37. The van der Waals surface area contributed by atoms with Crippen molar-refractivity contribution in [2.24, 2.45) is 5.73 Å². The highest BCUT2D eigenvalue weighted by Crippen LogP contribution is 2.25. The summed E-state index contributed by atoms with van der Waals surface area (Å²) in [5.41, 5.74) is 6.54. The standard InChI is InChI=1S/C16H25N3O3/c1-21-14-3-4-15(22-2)13(11-14)12-18-7-9-19(10-8-18)16(20)5-6-17/h3-4,11H,5-10,12,17H2,1-2H3. The fourth-order valence-electron chi connectivity index (χ4n) is 2.68. The number of methoxy groups -OCH3 is 2. The van der Waals surface area contributed by atoms with Gasteiger partial charge in [-0.1, -0.05) is 0 Å². The fraction of sp³-hybridized carbons (Fsp3) is 0.562. The Bertz CT molecular complexity index is 499. The van der Waals surface area contributed by atoms with Gasteiger partial charge in [-0.15, -0.1) is 0 Å². The molecule has 0 unspecified atom stereocenters. The van der Waals surface area contributed by atoms with Gasteiger partial charge in [0.1, 0.15) is 11.5 Å². The number of rotatable bonds is 6. The van der Waals surface area contributed by atoms with Gasteiger partial charge in [-0.2, -0.15) is 0 Å². The number of amides is 1. The van der Waals surface area contributed by atoms with E-state index in [1.54, 1.807) is 14.2 Å². The minimum atomic E-state index is 0.154. The molecule has 0 saturated carbocycles. The summed E-state index contributed by atoms with van der Waals surface area (Å²) >= 11 is 0. The van der Waals surface area contributed by atoms with Crippen molar-refractivity contribution in [3.63, 3.8) is 0 Å². The van der Waals surface area contributed by atoms with Gasteiger partial charge in [-0.25, -0.2) is 0 Å². The smallest absolute Gasteiger partial charge is 0.223 e. The number of nitrogens with two attached hydrogens (primary N) is 1. The van der Waals surface area contributed by atoms with Crippen LogP contribution in [0.3, 0.4) is 0 Å². The largest absolute Gasteiger partial charge is 0.497 e. The molecule has 1 heterocycles. The lowest BCUT2D eigenvalue weighted by molar-refractivity contribution is -0.132. The lowest BCUT2D eigenvalue weighted by Gasteiger charge is -2.35. The van der Waals surface area contributed by atoms with Crippen LogP contribution in [-0.2, 0) is 11.3 Å². The molecule has 1 aliphatic rings. The van der Waals surface area contributed by atoms with E-state index in [4.69, 9.17) is 15.2 Å². The molecular weight excluding hydrogens is 282 g/mol. The van der Waals surface area contributed by atoms with Gasteiger partial charge in [0.15, 0.2) is 0 Å². The average molecular weight is 307 g/mol. The molecule has 1 fully saturated rings.